The Labute approximate surface area is 122 Å². The lowest BCUT2D eigenvalue weighted by Crippen LogP contribution is -2.30. The molecule has 0 aliphatic heterocycles. The Kier molecular flexibility index (Phi) is 5.83. The van der Waals surface area contributed by atoms with Crippen LogP contribution in [0.4, 0.5) is 10.1 Å². The highest BCUT2D eigenvalue weighted by atomic mass is 79.9. The van der Waals surface area contributed by atoms with E-state index >= 15 is 0 Å². The molecule has 1 atom stereocenters. The maximum absolute atomic E-state index is 13.1. The number of hydrazine groups is 1. The van der Waals surface area contributed by atoms with Gasteiger partial charge < -0.3 is 4.74 Å². The molecule has 0 aliphatic carbocycles. The van der Waals surface area contributed by atoms with Crippen molar-refractivity contribution >= 4 is 27.5 Å². The predicted molar refractivity (Wildman–Crippen MR) is 72.4 cm³/mol. The Hall–Kier alpha value is -1.74. The van der Waals surface area contributed by atoms with Crippen molar-refractivity contribution in [2.24, 2.45) is 5.84 Å². The Morgan fingerprint density at radius 3 is 2.85 bits per heavy atom. The van der Waals surface area contributed by atoms with Crippen molar-refractivity contribution in [2.45, 2.75) is 25.9 Å². The van der Waals surface area contributed by atoms with E-state index in [0.717, 1.165) is 12.1 Å². The lowest BCUT2D eigenvalue weighted by molar-refractivity contribution is -0.386. The van der Waals surface area contributed by atoms with Crippen molar-refractivity contribution in [1.29, 1.82) is 0 Å². The van der Waals surface area contributed by atoms with Gasteiger partial charge in [0, 0.05) is 6.42 Å². The topological polar surface area (TPSA) is 107 Å². The van der Waals surface area contributed by atoms with E-state index in [0.29, 0.717) is 6.42 Å². The minimum absolute atomic E-state index is 0.0722. The van der Waals surface area contributed by atoms with E-state index < -0.39 is 22.5 Å². The molecule has 9 heteroatoms. The van der Waals surface area contributed by atoms with E-state index in [1.165, 1.54) is 0 Å². The van der Waals surface area contributed by atoms with Crippen molar-refractivity contribution in [3.63, 3.8) is 0 Å². The predicted octanol–water partition coefficient (Wildman–Crippen LogP) is 2.03. The lowest BCUT2D eigenvalue weighted by atomic mass is 10.2. The first-order chi connectivity index (χ1) is 9.35. The number of nitrogens with one attached hydrogen (secondary N) is 1. The second-order valence-corrected chi connectivity index (χ2v) is 4.88. The molecular formula is C11H13BrFN3O4. The maximum atomic E-state index is 13.1. The molecule has 0 fully saturated rings. The molecule has 0 bridgehead atoms. The summed E-state index contributed by atoms with van der Waals surface area (Å²) in [6.07, 6.45) is -0.0540. The summed E-state index contributed by atoms with van der Waals surface area (Å²) in [6, 6.07) is 1.85. The quantitative estimate of drug-likeness (QED) is 0.353. The number of rotatable bonds is 6. The summed E-state index contributed by atoms with van der Waals surface area (Å²) < 4.78 is 18.7. The van der Waals surface area contributed by atoms with Crippen LogP contribution >= 0.6 is 15.9 Å². The van der Waals surface area contributed by atoms with Crippen LogP contribution in [0.3, 0.4) is 0 Å². The standard InChI is InChI=1S/C11H13BrFN3O4/c1-6(2-3-10(17)15-14)20-11-8(12)4-7(13)5-9(11)16(18)19/h4-6H,2-3,14H2,1H3,(H,15,17). The van der Waals surface area contributed by atoms with E-state index in [1.807, 2.05) is 5.43 Å². The highest BCUT2D eigenvalue weighted by Gasteiger charge is 2.22. The van der Waals surface area contributed by atoms with E-state index in [9.17, 15) is 19.3 Å². The van der Waals surface area contributed by atoms with Gasteiger partial charge in [-0.3, -0.25) is 20.3 Å². The van der Waals surface area contributed by atoms with Gasteiger partial charge in [-0.05, 0) is 35.3 Å². The number of nitrogens with zero attached hydrogens (tertiary/aromatic N) is 1. The van der Waals surface area contributed by atoms with Crippen molar-refractivity contribution in [2.75, 3.05) is 0 Å². The number of carbonyl (C=O) groups is 1. The highest BCUT2D eigenvalue weighted by Crippen LogP contribution is 2.36. The van der Waals surface area contributed by atoms with Gasteiger partial charge in [0.25, 0.3) is 0 Å². The molecule has 20 heavy (non-hydrogen) atoms. The molecule has 1 unspecified atom stereocenters. The van der Waals surface area contributed by atoms with Crippen LogP contribution in [-0.2, 0) is 4.79 Å². The molecule has 0 aliphatic rings. The van der Waals surface area contributed by atoms with Crippen LogP contribution < -0.4 is 16.0 Å². The van der Waals surface area contributed by atoms with Gasteiger partial charge >= 0.3 is 5.69 Å². The Bertz CT molecular complexity index is 527. The van der Waals surface area contributed by atoms with E-state index in [4.69, 9.17) is 10.6 Å². The fourth-order valence-corrected chi connectivity index (χ4v) is 1.98. The van der Waals surface area contributed by atoms with Gasteiger partial charge in [0.05, 0.1) is 21.6 Å². The summed E-state index contributed by atoms with van der Waals surface area (Å²) in [5, 5.41) is 10.9. The van der Waals surface area contributed by atoms with E-state index in [2.05, 4.69) is 15.9 Å². The summed E-state index contributed by atoms with van der Waals surface area (Å²) in [7, 11) is 0. The molecule has 0 aromatic heterocycles. The second-order valence-electron chi connectivity index (χ2n) is 4.03. The van der Waals surface area contributed by atoms with Gasteiger partial charge in [-0.1, -0.05) is 0 Å². The van der Waals surface area contributed by atoms with Crippen LogP contribution in [-0.4, -0.2) is 16.9 Å². The van der Waals surface area contributed by atoms with Crippen molar-refractivity contribution < 1.29 is 18.8 Å². The lowest BCUT2D eigenvalue weighted by Gasteiger charge is -2.15. The summed E-state index contributed by atoms with van der Waals surface area (Å²) in [5.41, 5.74) is 1.49. The van der Waals surface area contributed by atoms with Gasteiger partial charge in [-0.2, -0.15) is 0 Å². The molecule has 1 amide bonds. The normalized spacial score (nSPS) is 11.8. The van der Waals surface area contributed by atoms with Crippen molar-refractivity contribution in [1.82, 2.24) is 5.43 Å². The molecule has 1 aromatic carbocycles. The first kappa shape index (κ1) is 16.3. The summed E-state index contributed by atoms with van der Waals surface area (Å²) in [6.45, 7) is 1.64. The van der Waals surface area contributed by atoms with Crippen LogP contribution in [0.2, 0.25) is 0 Å². The number of hydrogen-bond donors (Lipinski definition) is 2. The molecular weight excluding hydrogens is 337 g/mol. The third kappa shape index (κ3) is 4.42. The minimum atomic E-state index is -0.744. The zero-order valence-corrected chi connectivity index (χ0v) is 12.1. The van der Waals surface area contributed by atoms with E-state index in [1.54, 1.807) is 6.92 Å². The maximum Gasteiger partial charge on any atom is 0.315 e. The van der Waals surface area contributed by atoms with Gasteiger partial charge in [0.2, 0.25) is 11.7 Å². The summed E-state index contributed by atoms with van der Waals surface area (Å²) in [4.78, 5) is 21.1. The number of ether oxygens (including phenoxy) is 1. The van der Waals surface area contributed by atoms with Crippen LogP contribution in [0.5, 0.6) is 5.75 Å². The fraction of sp³-hybridized carbons (Fsp3) is 0.364. The molecule has 0 heterocycles. The number of nitro benzene ring substituents is 1. The van der Waals surface area contributed by atoms with Crippen LogP contribution in [0.25, 0.3) is 0 Å². The molecule has 3 N–H and O–H groups in total. The van der Waals surface area contributed by atoms with Crippen molar-refractivity contribution in [3.8, 4) is 5.75 Å². The Morgan fingerprint density at radius 2 is 2.30 bits per heavy atom. The van der Waals surface area contributed by atoms with Crippen LogP contribution in [0.15, 0.2) is 16.6 Å². The number of nitro groups is 1. The third-order valence-electron chi connectivity index (χ3n) is 2.44. The number of halogens is 2. The van der Waals surface area contributed by atoms with Gasteiger partial charge in [-0.15, -0.1) is 0 Å². The zero-order valence-electron chi connectivity index (χ0n) is 10.6. The number of benzene rings is 1. The van der Waals surface area contributed by atoms with Crippen LogP contribution in [0.1, 0.15) is 19.8 Å². The molecule has 1 aromatic rings. The molecule has 0 radical (unpaired) electrons. The Morgan fingerprint density at radius 1 is 1.65 bits per heavy atom. The molecule has 0 spiro atoms. The molecule has 110 valence electrons. The van der Waals surface area contributed by atoms with Gasteiger partial charge in [-0.25, -0.2) is 10.2 Å². The molecule has 0 saturated heterocycles. The van der Waals surface area contributed by atoms with E-state index in [-0.39, 0.29) is 22.6 Å². The number of nitrogens with two attached hydrogens (primary N) is 1. The van der Waals surface area contributed by atoms with Crippen LogP contribution in [0, 0.1) is 15.9 Å². The molecule has 1 rings (SSSR count). The fourth-order valence-electron chi connectivity index (χ4n) is 1.47. The largest absolute Gasteiger partial charge is 0.483 e. The smallest absolute Gasteiger partial charge is 0.315 e. The number of hydrogen-bond acceptors (Lipinski definition) is 5. The average Bonchev–Trinajstić information content (AvgIpc) is 2.38. The Balaban J connectivity index is 2.86. The monoisotopic (exact) mass is 349 g/mol. The SMILES string of the molecule is CC(CCC(=O)NN)Oc1c(Br)cc(F)cc1[N+](=O)[O-]. The number of amides is 1. The highest BCUT2D eigenvalue weighted by molar-refractivity contribution is 9.10. The average molecular weight is 350 g/mol. The minimum Gasteiger partial charge on any atom is -0.483 e. The third-order valence-corrected chi connectivity index (χ3v) is 3.03. The first-order valence-corrected chi connectivity index (χ1v) is 6.44. The van der Waals surface area contributed by atoms with Crippen molar-refractivity contribution in [3.05, 3.63) is 32.5 Å². The zero-order chi connectivity index (χ0) is 15.3. The summed E-state index contributed by atoms with van der Waals surface area (Å²) in [5.74, 6) is 3.75. The molecule has 0 saturated carbocycles. The van der Waals surface area contributed by atoms with Gasteiger partial charge in [0.15, 0.2) is 0 Å². The second kappa shape index (κ2) is 7.15. The van der Waals surface area contributed by atoms with Gasteiger partial charge in [0.1, 0.15) is 5.82 Å². The number of carbonyl (C=O) groups excluding carboxylic acids is 1. The summed E-state index contributed by atoms with van der Waals surface area (Å²) >= 11 is 3.02. The first-order valence-electron chi connectivity index (χ1n) is 5.64. The molecule has 7 nitrogen and oxygen atoms in total.